The Labute approximate surface area is 211 Å². The number of carbonyl (C=O) groups is 1. The zero-order chi connectivity index (χ0) is 25.3. The van der Waals surface area contributed by atoms with Crippen molar-refractivity contribution >= 4 is 32.2 Å². The minimum Gasteiger partial charge on any atom is -0.495 e. The first-order valence-electron chi connectivity index (χ1n) is 11.9. The van der Waals surface area contributed by atoms with Gasteiger partial charge in [0.15, 0.2) is 0 Å². The third-order valence-corrected chi connectivity index (χ3v) is 8.53. The fourth-order valence-electron chi connectivity index (χ4n) is 4.59. The number of ether oxygens (including phenoxy) is 1. The molecule has 6 nitrogen and oxygen atoms in total. The molecule has 0 saturated carbocycles. The van der Waals surface area contributed by atoms with Crippen molar-refractivity contribution in [1.82, 2.24) is 4.90 Å². The van der Waals surface area contributed by atoms with Crippen molar-refractivity contribution in [2.45, 2.75) is 22.6 Å². The molecule has 0 atom stereocenters. The minimum absolute atomic E-state index is 0.148. The van der Waals surface area contributed by atoms with E-state index in [4.69, 9.17) is 4.74 Å². The Morgan fingerprint density at radius 3 is 2.22 bits per heavy atom. The number of rotatable bonds is 5. The topological polar surface area (TPSA) is 75.7 Å². The van der Waals surface area contributed by atoms with Gasteiger partial charge in [0.1, 0.15) is 10.6 Å². The molecule has 1 N–H and O–H groups in total. The third kappa shape index (κ3) is 4.72. The van der Waals surface area contributed by atoms with E-state index in [1.807, 2.05) is 42.5 Å². The number of benzene rings is 4. The van der Waals surface area contributed by atoms with E-state index in [0.29, 0.717) is 17.0 Å². The molecule has 36 heavy (non-hydrogen) atoms. The zero-order valence-electron chi connectivity index (χ0n) is 20.3. The molecule has 4 aromatic rings. The highest BCUT2D eigenvalue weighted by Gasteiger charge is 2.25. The first-order valence-corrected chi connectivity index (χ1v) is 13.4. The van der Waals surface area contributed by atoms with Crippen LogP contribution in [0.3, 0.4) is 0 Å². The molecule has 0 fully saturated rings. The number of fused-ring (bicyclic) bond motifs is 2. The van der Waals surface area contributed by atoms with E-state index in [-0.39, 0.29) is 15.7 Å². The minimum atomic E-state index is -3.81. The second kappa shape index (κ2) is 9.76. The molecule has 1 amide bonds. The maximum absolute atomic E-state index is 13.6. The molecule has 5 rings (SSSR count). The Morgan fingerprint density at radius 2 is 1.53 bits per heavy atom. The molecule has 0 saturated heterocycles. The van der Waals surface area contributed by atoms with Crippen molar-refractivity contribution in [3.63, 3.8) is 0 Å². The first-order chi connectivity index (χ1) is 17.3. The van der Waals surface area contributed by atoms with Gasteiger partial charge in [-0.1, -0.05) is 30.3 Å². The van der Waals surface area contributed by atoms with Gasteiger partial charge in [0.2, 0.25) is 9.84 Å². The van der Waals surface area contributed by atoms with Gasteiger partial charge in [-0.05, 0) is 90.3 Å². The van der Waals surface area contributed by atoms with E-state index >= 15 is 0 Å². The summed E-state index contributed by atoms with van der Waals surface area (Å²) in [4.78, 5) is 15.3. The summed E-state index contributed by atoms with van der Waals surface area (Å²) in [6.45, 7) is 1.80. The molecule has 0 unspecified atom stereocenters. The summed E-state index contributed by atoms with van der Waals surface area (Å²) in [7, 11) is -0.248. The summed E-state index contributed by atoms with van der Waals surface area (Å²) < 4.78 is 32.6. The van der Waals surface area contributed by atoms with Crippen LogP contribution in [0.5, 0.6) is 5.75 Å². The standard InChI is InChI=1S/C29H28N2O4S/c1-31-15-13-22-18-27(35-2)28(19-23(22)14-16-31)36(33,34)26-11-9-25(10-12-26)30-29(32)24-8-7-20-5-3-4-6-21(20)17-24/h3-12,17-19H,13-16H2,1-2H3,(H,30,32). The lowest BCUT2D eigenvalue weighted by Gasteiger charge is -2.15. The molecule has 184 valence electrons. The fraction of sp³-hybridized carbons (Fsp3) is 0.207. The summed E-state index contributed by atoms with van der Waals surface area (Å²) in [5, 5.41) is 4.89. The van der Waals surface area contributed by atoms with Crippen molar-refractivity contribution in [3.8, 4) is 5.75 Å². The number of hydrogen-bond acceptors (Lipinski definition) is 5. The number of amides is 1. The Bertz CT molecular complexity index is 1550. The molecular weight excluding hydrogens is 472 g/mol. The van der Waals surface area contributed by atoms with Gasteiger partial charge in [-0.15, -0.1) is 0 Å². The Morgan fingerprint density at radius 1 is 0.861 bits per heavy atom. The summed E-state index contributed by atoms with van der Waals surface area (Å²) in [6.07, 6.45) is 1.65. The van der Waals surface area contributed by atoms with Crippen LogP contribution in [0.4, 0.5) is 5.69 Å². The zero-order valence-corrected chi connectivity index (χ0v) is 21.1. The van der Waals surface area contributed by atoms with Crippen LogP contribution in [0.25, 0.3) is 10.8 Å². The summed E-state index contributed by atoms with van der Waals surface area (Å²) >= 11 is 0. The highest BCUT2D eigenvalue weighted by molar-refractivity contribution is 7.91. The van der Waals surface area contributed by atoms with Gasteiger partial charge in [-0.25, -0.2) is 8.42 Å². The van der Waals surface area contributed by atoms with Crippen molar-refractivity contribution in [3.05, 3.63) is 95.6 Å². The van der Waals surface area contributed by atoms with Crippen LogP contribution < -0.4 is 10.1 Å². The number of sulfone groups is 1. The van der Waals surface area contributed by atoms with Crippen LogP contribution in [0.2, 0.25) is 0 Å². The lowest BCUT2D eigenvalue weighted by molar-refractivity contribution is 0.102. The second-order valence-corrected chi connectivity index (χ2v) is 11.0. The lowest BCUT2D eigenvalue weighted by Crippen LogP contribution is -2.20. The van der Waals surface area contributed by atoms with Crippen molar-refractivity contribution in [1.29, 1.82) is 0 Å². The molecule has 1 aliphatic rings. The van der Waals surface area contributed by atoms with Crippen LogP contribution >= 0.6 is 0 Å². The summed E-state index contributed by atoms with van der Waals surface area (Å²) in [6, 6.07) is 23.2. The number of carbonyl (C=O) groups excluding carboxylic acids is 1. The molecule has 0 radical (unpaired) electrons. The first kappa shape index (κ1) is 24.0. The van der Waals surface area contributed by atoms with E-state index in [0.717, 1.165) is 47.8 Å². The van der Waals surface area contributed by atoms with Crippen LogP contribution in [0, 0.1) is 0 Å². The van der Waals surface area contributed by atoms with E-state index < -0.39 is 9.84 Å². The van der Waals surface area contributed by atoms with E-state index in [2.05, 4.69) is 17.3 Å². The molecule has 7 heteroatoms. The maximum Gasteiger partial charge on any atom is 0.255 e. The second-order valence-electron chi connectivity index (χ2n) is 9.12. The number of nitrogens with one attached hydrogen (secondary N) is 1. The predicted octanol–water partition coefficient (Wildman–Crippen LogP) is 4.96. The monoisotopic (exact) mass is 500 g/mol. The molecule has 0 spiro atoms. The normalized spacial score (nSPS) is 14.2. The Balaban J connectivity index is 1.39. The van der Waals surface area contributed by atoms with Crippen LogP contribution in [0.1, 0.15) is 21.5 Å². The van der Waals surface area contributed by atoms with E-state index in [9.17, 15) is 13.2 Å². The van der Waals surface area contributed by atoms with Gasteiger partial charge >= 0.3 is 0 Å². The van der Waals surface area contributed by atoms with Gasteiger partial charge in [-0.2, -0.15) is 0 Å². The lowest BCUT2D eigenvalue weighted by atomic mass is 10.0. The van der Waals surface area contributed by atoms with Gasteiger partial charge < -0.3 is 15.0 Å². The quantitative estimate of drug-likeness (QED) is 0.419. The molecule has 0 aromatic heterocycles. The van der Waals surface area contributed by atoms with Crippen LogP contribution in [-0.4, -0.2) is 46.5 Å². The maximum atomic E-state index is 13.6. The van der Waals surface area contributed by atoms with E-state index in [1.165, 1.54) is 19.2 Å². The third-order valence-electron chi connectivity index (χ3n) is 6.74. The van der Waals surface area contributed by atoms with Crippen LogP contribution in [0.15, 0.2) is 88.7 Å². The average molecular weight is 501 g/mol. The number of hydrogen-bond donors (Lipinski definition) is 1. The average Bonchev–Trinajstić information content (AvgIpc) is 3.08. The van der Waals surface area contributed by atoms with Crippen LogP contribution in [-0.2, 0) is 22.7 Å². The van der Waals surface area contributed by atoms with Gasteiger partial charge in [0.05, 0.1) is 12.0 Å². The Hall–Kier alpha value is -3.68. The molecule has 1 heterocycles. The predicted molar refractivity (Wildman–Crippen MR) is 142 cm³/mol. The highest BCUT2D eigenvalue weighted by atomic mass is 32.2. The van der Waals surface area contributed by atoms with Crippen molar-refractivity contribution in [2.24, 2.45) is 0 Å². The van der Waals surface area contributed by atoms with Crippen molar-refractivity contribution in [2.75, 3.05) is 32.6 Å². The van der Waals surface area contributed by atoms with Crippen molar-refractivity contribution < 1.29 is 17.9 Å². The largest absolute Gasteiger partial charge is 0.495 e. The number of nitrogens with zero attached hydrogens (tertiary/aromatic N) is 1. The molecule has 1 aliphatic heterocycles. The van der Waals surface area contributed by atoms with E-state index in [1.54, 1.807) is 24.3 Å². The number of likely N-dealkylation sites (N-methyl/N-ethyl adjacent to an activating group) is 1. The molecule has 4 aromatic carbocycles. The number of anilines is 1. The van der Waals surface area contributed by atoms with Gasteiger partial charge in [-0.3, -0.25) is 4.79 Å². The molecular formula is C29H28N2O4S. The SMILES string of the molecule is COc1cc2c(cc1S(=O)(=O)c1ccc(NC(=O)c3ccc4ccccc4c3)cc1)CCN(C)CC2. The summed E-state index contributed by atoms with van der Waals surface area (Å²) in [5.74, 6) is 0.0979. The smallest absolute Gasteiger partial charge is 0.255 e. The Kier molecular flexibility index (Phi) is 6.51. The highest BCUT2D eigenvalue weighted by Crippen LogP contribution is 2.34. The fourth-order valence-corrected chi connectivity index (χ4v) is 6.04. The number of methoxy groups -OCH3 is 1. The molecule has 0 bridgehead atoms. The summed E-state index contributed by atoms with van der Waals surface area (Å²) in [5.41, 5.74) is 3.22. The van der Waals surface area contributed by atoms with Gasteiger partial charge in [0.25, 0.3) is 5.91 Å². The van der Waals surface area contributed by atoms with Gasteiger partial charge in [0, 0.05) is 24.3 Å². The molecule has 0 aliphatic carbocycles.